The molecule has 1 amide bonds. The van der Waals surface area contributed by atoms with Crippen molar-refractivity contribution < 1.29 is 14.7 Å². The smallest absolute Gasteiger partial charge is 0.313 e. The molecule has 0 atom stereocenters. The van der Waals surface area contributed by atoms with Crippen molar-refractivity contribution in [3.05, 3.63) is 30.1 Å². The number of aromatic amines is 1. The Kier molecular flexibility index (Phi) is 5.83. The highest BCUT2D eigenvalue weighted by atomic mass is 32.2. The summed E-state index contributed by atoms with van der Waals surface area (Å²) in [6, 6.07) is 7.87. The van der Waals surface area contributed by atoms with Gasteiger partial charge in [-0.2, -0.15) is 0 Å². The molecule has 0 unspecified atom stereocenters. The summed E-state index contributed by atoms with van der Waals surface area (Å²) in [5, 5.41) is 8.54. The van der Waals surface area contributed by atoms with Crippen LogP contribution in [-0.4, -0.2) is 56.9 Å². The summed E-state index contributed by atoms with van der Waals surface area (Å²) >= 11 is 1.12. The number of benzene rings is 1. The Bertz CT molecular complexity index is 623. The highest BCUT2D eigenvalue weighted by Gasteiger charge is 2.10. The van der Waals surface area contributed by atoms with E-state index in [2.05, 4.69) is 9.97 Å². The quantitative estimate of drug-likeness (QED) is 0.774. The highest BCUT2D eigenvalue weighted by molar-refractivity contribution is 8.00. The second-order valence-corrected chi connectivity index (χ2v) is 5.99. The zero-order valence-electron chi connectivity index (χ0n) is 12.4. The number of hydrogen-bond donors (Lipinski definition) is 2. The van der Waals surface area contributed by atoms with Gasteiger partial charge in [0.1, 0.15) is 5.82 Å². The molecular formula is C15H19N3O3S. The van der Waals surface area contributed by atoms with E-state index in [1.807, 2.05) is 24.3 Å². The summed E-state index contributed by atoms with van der Waals surface area (Å²) in [5.74, 6) is 0.134. The van der Waals surface area contributed by atoms with Gasteiger partial charge in [0.15, 0.2) is 0 Å². The van der Waals surface area contributed by atoms with Gasteiger partial charge >= 0.3 is 5.97 Å². The van der Waals surface area contributed by atoms with Gasteiger partial charge in [0.25, 0.3) is 0 Å². The number of rotatable bonds is 8. The molecule has 2 N–H and O–H groups in total. The number of aryl methyl sites for hydroxylation is 1. The largest absolute Gasteiger partial charge is 0.481 e. The molecule has 1 aromatic carbocycles. The first kappa shape index (κ1) is 16.4. The van der Waals surface area contributed by atoms with E-state index < -0.39 is 5.97 Å². The fourth-order valence-electron chi connectivity index (χ4n) is 2.07. The molecule has 0 aliphatic carbocycles. The molecule has 0 saturated heterocycles. The molecule has 0 radical (unpaired) electrons. The number of carboxylic acids is 1. The fraction of sp³-hybridized carbons (Fsp3) is 0.400. The van der Waals surface area contributed by atoms with Crippen LogP contribution in [0.15, 0.2) is 24.3 Å². The third-order valence-corrected chi connectivity index (χ3v) is 4.12. The standard InChI is InChI=1S/C15H19N3O3S/c1-18(14(19)9-22-10-15(20)21)8-4-7-13-16-11-5-2-3-6-12(11)17-13/h2-3,5-6H,4,7-10H2,1H3,(H,16,17)(H,20,21). The molecule has 0 bridgehead atoms. The lowest BCUT2D eigenvalue weighted by atomic mass is 10.3. The Balaban J connectivity index is 1.73. The number of para-hydroxylation sites is 2. The number of imidazole rings is 1. The van der Waals surface area contributed by atoms with Crippen LogP contribution in [0.1, 0.15) is 12.2 Å². The van der Waals surface area contributed by atoms with Gasteiger partial charge in [-0.1, -0.05) is 12.1 Å². The van der Waals surface area contributed by atoms with E-state index >= 15 is 0 Å². The van der Waals surface area contributed by atoms with Gasteiger partial charge in [0, 0.05) is 20.0 Å². The molecule has 6 nitrogen and oxygen atoms in total. The maximum absolute atomic E-state index is 11.8. The average Bonchev–Trinajstić information content (AvgIpc) is 2.89. The number of aromatic nitrogens is 2. The second kappa shape index (κ2) is 7.84. The first-order valence-corrected chi connectivity index (χ1v) is 8.19. The molecule has 7 heteroatoms. The number of hydrogen-bond acceptors (Lipinski definition) is 4. The predicted octanol–water partition coefficient (Wildman–Crippen LogP) is 1.77. The lowest BCUT2D eigenvalue weighted by molar-refractivity contribution is -0.133. The van der Waals surface area contributed by atoms with E-state index in [1.54, 1.807) is 11.9 Å². The summed E-state index contributed by atoms with van der Waals surface area (Å²) in [6.07, 6.45) is 1.58. The van der Waals surface area contributed by atoms with Crippen LogP contribution in [0.5, 0.6) is 0 Å². The third-order valence-electron chi connectivity index (χ3n) is 3.22. The van der Waals surface area contributed by atoms with E-state index in [-0.39, 0.29) is 17.4 Å². The predicted molar refractivity (Wildman–Crippen MR) is 87.0 cm³/mol. The van der Waals surface area contributed by atoms with Crippen molar-refractivity contribution in [2.24, 2.45) is 0 Å². The van der Waals surface area contributed by atoms with Crippen molar-refractivity contribution in [2.75, 3.05) is 25.1 Å². The third kappa shape index (κ3) is 4.77. The lowest BCUT2D eigenvalue weighted by Crippen LogP contribution is -2.29. The van der Waals surface area contributed by atoms with Crippen LogP contribution in [0.25, 0.3) is 11.0 Å². The molecule has 0 saturated carbocycles. The van der Waals surface area contributed by atoms with Crippen LogP contribution in [0, 0.1) is 0 Å². The maximum atomic E-state index is 11.8. The van der Waals surface area contributed by atoms with Gasteiger partial charge in [-0.15, -0.1) is 11.8 Å². The number of amides is 1. The summed E-state index contributed by atoms with van der Waals surface area (Å²) in [6.45, 7) is 0.628. The van der Waals surface area contributed by atoms with Crippen molar-refractivity contribution >= 4 is 34.7 Å². The number of nitrogens with one attached hydrogen (secondary N) is 1. The van der Waals surface area contributed by atoms with Gasteiger partial charge < -0.3 is 15.0 Å². The Labute approximate surface area is 132 Å². The van der Waals surface area contributed by atoms with E-state index in [9.17, 15) is 9.59 Å². The number of carboxylic acid groups (broad SMARTS) is 1. The Morgan fingerprint density at radius 3 is 2.82 bits per heavy atom. The Morgan fingerprint density at radius 1 is 1.32 bits per heavy atom. The number of carbonyl (C=O) groups excluding carboxylic acids is 1. The summed E-state index contributed by atoms with van der Waals surface area (Å²) < 4.78 is 0. The van der Waals surface area contributed by atoms with E-state index in [1.165, 1.54) is 0 Å². The summed E-state index contributed by atoms with van der Waals surface area (Å²) in [7, 11) is 1.74. The average molecular weight is 321 g/mol. The van der Waals surface area contributed by atoms with Gasteiger partial charge in [0.2, 0.25) is 5.91 Å². The van der Waals surface area contributed by atoms with Crippen molar-refractivity contribution in [3.63, 3.8) is 0 Å². The highest BCUT2D eigenvalue weighted by Crippen LogP contribution is 2.11. The van der Waals surface area contributed by atoms with Crippen LogP contribution in [0.4, 0.5) is 0 Å². The van der Waals surface area contributed by atoms with Crippen molar-refractivity contribution in [3.8, 4) is 0 Å². The zero-order valence-corrected chi connectivity index (χ0v) is 13.2. The molecule has 22 heavy (non-hydrogen) atoms. The summed E-state index contributed by atoms with van der Waals surface area (Å²) in [5.41, 5.74) is 1.97. The van der Waals surface area contributed by atoms with E-state index in [0.717, 1.165) is 41.5 Å². The fourth-order valence-corrected chi connectivity index (χ4v) is 2.74. The molecule has 0 spiro atoms. The maximum Gasteiger partial charge on any atom is 0.313 e. The number of nitrogens with zero attached hydrogens (tertiary/aromatic N) is 2. The van der Waals surface area contributed by atoms with Crippen LogP contribution in [0.3, 0.4) is 0 Å². The van der Waals surface area contributed by atoms with E-state index in [4.69, 9.17) is 5.11 Å². The molecule has 2 aromatic rings. The number of carbonyl (C=O) groups is 2. The molecule has 2 rings (SSSR count). The van der Waals surface area contributed by atoms with Gasteiger partial charge in [0.05, 0.1) is 22.5 Å². The van der Waals surface area contributed by atoms with Gasteiger partial charge in [-0.3, -0.25) is 9.59 Å². The minimum Gasteiger partial charge on any atom is -0.481 e. The zero-order chi connectivity index (χ0) is 15.9. The topological polar surface area (TPSA) is 86.3 Å². The number of fused-ring (bicyclic) bond motifs is 1. The molecular weight excluding hydrogens is 302 g/mol. The van der Waals surface area contributed by atoms with E-state index in [0.29, 0.717) is 6.54 Å². The number of aliphatic carboxylic acids is 1. The monoisotopic (exact) mass is 321 g/mol. The normalized spacial score (nSPS) is 10.8. The Hall–Kier alpha value is -2.02. The lowest BCUT2D eigenvalue weighted by Gasteiger charge is -2.16. The molecule has 0 fully saturated rings. The molecule has 0 aliphatic rings. The summed E-state index contributed by atoms with van der Waals surface area (Å²) in [4.78, 5) is 31.6. The number of thioether (sulfide) groups is 1. The molecule has 118 valence electrons. The number of H-pyrrole nitrogens is 1. The Morgan fingerprint density at radius 2 is 2.09 bits per heavy atom. The van der Waals surface area contributed by atoms with Gasteiger partial charge in [-0.25, -0.2) is 4.98 Å². The molecule has 1 aromatic heterocycles. The minimum atomic E-state index is -0.898. The van der Waals surface area contributed by atoms with Crippen LogP contribution >= 0.6 is 11.8 Å². The van der Waals surface area contributed by atoms with Gasteiger partial charge in [-0.05, 0) is 18.6 Å². The van der Waals surface area contributed by atoms with Crippen LogP contribution in [0.2, 0.25) is 0 Å². The first-order valence-electron chi connectivity index (χ1n) is 7.03. The SMILES string of the molecule is CN(CCCc1nc2ccccc2[nH]1)C(=O)CSCC(=O)O. The first-order chi connectivity index (χ1) is 10.6. The molecule has 0 aliphatic heterocycles. The molecule has 1 heterocycles. The van der Waals surface area contributed by atoms with Crippen LogP contribution in [-0.2, 0) is 16.0 Å². The van der Waals surface area contributed by atoms with Crippen molar-refractivity contribution in [1.29, 1.82) is 0 Å². The van der Waals surface area contributed by atoms with Crippen LogP contribution < -0.4 is 0 Å². The second-order valence-electron chi connectivity index (χ2n) is 5.01. The van der Waals surface area contributed by atoms with Crippen molar-refractivity contribution in [2.45, 2.75) is 12.8 Å². The van der Waals surface area contributed by atoms with Crippen molar-refractivity contribution in [1.82, 2.24) is 14.9 Å². The minimum absolute atomic E-state index is 0.0431.